The lowest BCUT2D eigenvalue weighted by Crippen LogP contribution is -2.67. The SMILES string of the molecule is CC1CCC2(C(=O)OC3OC(CO)C(O)C(O)C3O)CCC3(C)C(=C2C1C)C=CC1C2(C)CC(O)C(O)C(C)(CO)C2CCC13C. The first-order chi connectivity index (χ1) is 21.5. The molecule has 1 heterocycles. The zero-order valence-electron chi connectivity index (χ0n) is 28.2. The van der Waals surface area contributed by atoms with Crippen molar-refractivity contribution in [3.63, 3.8) is 0 Å². The number of carbonyl (C=O) groups is 1. The Bertz CT molecular complexity index is 1280. The Labute approximate surface area is 272 Å². The number of rotatable bonds is 4. The molecule has 260 valence electrons. The van der Waals surface area contributed by atoms with E-state index in [1.54, 1.807) is 0 Å². The van der Waals surface area contributed by atoms with Gasteiger partial charge < -0.3 is 45.2 Å². The average molecular weight is 649 g/mol. The zero-order chi connectivity index (χ0) is 33.8. The summed E-state index contributed by atoms with van der Waals surface area (Å²) in [7, 11) is 0. The molecule has 0 aromatic carbocycles. The van der Waals surface area contributed by atoms with Gasteiger partial charge in [0.15, 0.2) is 0 Å². The van der Waals surface area contributed by atoms with Gasteiger partial charge >= 0.3 is 5.97 Å². The van der Waals surface area contributed by atoms with Crippen LogP contribution in [0.5, 0.6) is 0 Å². The molecule has 1 aliphatic heterocycles. The Balaban J connectivity index is 1.43. The third-order valence-electron chi connectivity index (χ3n) is 14.9. The van der Waals surface area contributed by atoms with Gasteiger partial charge in [-0.2, -0.15) is 0 Å². The van der Waals surface area contributed by atoms with Crippen LogP contribution in [0.15, 0.2) is 23.3 Å². The number of hydrogen-bond donors (Lipinski definition) is 7. The Kier molecular flexibility index (Phi) is 8.50. The van der Waals surface area contributed by atoms with Crippen molar-refractivity contribution in [2.45, 2.75) is 129 Å². The summed E-state index contributed by atoms with van der Waals surface area (Å²) in [5.41, 5.74) is -0.422. The van der Waals surface area contributed by atoms with Crippen LogP contribution in [-0.4, -0.2) is 97.8 Å². The van der Waals surface area contributed by atoms with Crippen molar-refractivity contribution in [1.29, 1.82) is 0 Å². The van der Waals surface area contributed by atoms with E-state index in [1.807, 2.05) is 6.92 Å². The summed E-state index contributed by atoms with van der Waals surface area (Å²) in [5, 5.41) is 73.7. The molecular formula is C36H56O10. The largest absolute Gasteiger partial charge is 0.432 e. The first-order valence-corrected chi connectivity index (χ1v) is 17.4. The van der Waals surface area contributed by atoms with Gasteiger partial charge in [-0.1, -0.05) is 53.7 Å². The molecule has 1 saturated heterocycles. The molecule has 0 bridgehead atoms. The molecule has 10 heteroatoms. The van der Waals surface area contributed by atoms with Gasteiger partial charge in [-0.15, -0.1) is 0 Å². The summed E-state index contributed by atoms with van der Waals surface area (Å²) >= 11 is 0. The van der Waals surface area contributed by atoms with Crippen LogP contribution in [0.3, 0.4) is 0 Å². The molecule has 10 nitrogen and oxygen atoms in total. The highest BCUT2D eigenvalue weighted by atomic mass is 16.7. The van der Waals surface area contributed by atoms with Crippen molar-refractivity contribution in [2.24, 2.45) is 50.7 Å². The lowest BCUT2D eigenvalue weighted by molar-refractivity contribution is -0.295. The molecule has 7 N–H and O–H groups in total. The summed E-state index contributed by atoms with van der Waals surface area (Å²) in [6.45, 7) is 12.4. The van der Waals surface area contributed by atoms with Gasteiger partial charge in [0, 0.05) is 5.41 Å². The summed E-state index contributed by atoms with van der Waals surface area (Å²) in [5.74, 6) is -0.0171. The predicted octanol–water partition coefficient (Wildman–Crippen LogP) is 2.21. The Morgan fingerprint density at radius 3 is 2.28 bits per heavy atom. The average Bonchev–Trinajstić information content (AvgIpc) is 3.02. The van der Waals surface area contributed by atoms with Gasteiger partial charge in [-0.3, -0.25) is 4.79 Å². The number of fused-ring (bicyclic) bond motifs is 6. The smallest absolute Gasteiger partial charge is 0.318 e. The van der Waals surface area contributed by atoms with E-state index in [1.165, 1.54) is 0 Å². The molecule has 6 aliphatic rings. The highest BCUT2D eigenvalue weighted by Gasteiger charge is 2.69. The molecule has 0 radical (unpaired) electrons. The molecule has 5 aliphatic carbocycles. The van der Waals surface area contributed by atoms with Crippen LogP contribution in [0, 0.1) is 50.7 Å². The molecule has 16 atom stereocenters. The summed E-state index contributed by atoms with van der Waals surface area (Å²) in [4.78, 5) is 14.4. The van der Waals surface area contributed by atoms with E-state index < -0.39 is 66.3 Å². The molecule has 4 fully saturated rings. The minimum Gasteiger partial charge on any atom is -0.432 e. The van der Waals surface area contributed by atoms with E-state index in [2.05, 4.69) is 46.8 Å². The zero-order valence-corrected chi connectivity index (χ0v) is 28.2. The summed E-state index contributed by atoms with van der Waals surface area (Å²) in [6.07, 6.45) is -0.175. The third-order valence-corrected chi connectivity index (χ3v) is 14.9. The third kappa shape index (κ3) is 4.40. The number of allylic oxidation sites excluding steroid dienone is 3. The van der Waals surface area contributed by atoms with Crippen LogP contribution in [-0.2, 0) is 14.3 Å². The molecule has 0 aromatic rings. The number of esters is 1. The van der Waals surface area contributed by atoms with Crippen LogP contribution >= 0.6 is 0 Å². The van der Waals surface area contributed by atoms with Gasteiger partial charge in [0.2, 0.25) is 6.29 Å². The first kappa shape index (κ1) is 34.5. The van der Waals surface area contributed by atoms with Crippen LogP contribution < -0.4 is 0 Å². The van der Waals surface area contributed by atoms with Gasteiger partial charge in [0.25, 0.3) is 0 Å². The Morgan fingerprint density at radius 2 is 1.63 bits per heavy atom. The lowest BCUT2D eigenvalue weighted by Gasteiger charge is -2.70. The van der Waals surface area contributed by atoms with Gasteiger partial charge in [-0.05, 0) is 96.0 Å². The molecule has 3 saturated carbocycles. The quantitative estimate of drug-likeness (QED) is 0.224. The maximum absolute atomic E-state index is 14.4. The number of carbonyl (C=O) groups excluding carboxylic acids is 1. The highest BCUT2D eigenvalue weighted by Crippen LogP contribution is 2.74. The number of aliphatic hydroxyl groups is 7. The Morgan fingerprint density at radius 1 is 0.935 bits per heavy atom. The number of aliphatic hydroxyl groups excluding tert-OH is 7. The van der Waals surface area contributed by atoms with Crippen LogP contribution in [0.4, 0.5) is 0 Å². The van der Waals surface area contributed by atoms with E-state index in [-0.39, 0.29) is 40.6 Å². The molecule has 6 rings (SSSR count). The van der Waals surface area contributed by atoms with Crippen molar-refractivity contribution in [1.82, 2.24) is 0 Å². The van der Waals surface area contributed by atoms with Crippen LogP contribution in [0.25, 0.3) is 0 Å². The predicted molar refractivity (Wildman–Crippen MR) is 168 cm³/mol. The number of ether oxygens (including phenoxy) is 2. The maximum atomic E-state index is 14.4. The van der Waals surface area contributed by atoms with E-state index in [4.69, 9.17) is 9.47 Å². The van der Waals surface area contributed by atoms with Gasteiger partial charge in [-0.25, -0.2) is 0 Å². The molecule has 0 amide bonds. The maximum Gasteiger partial charge on any atom is 0.318 e. The fraction of sp³-hybridized carbons (Fsp3) is 0.861. The van der Waals surface area contributed by atoms with Crippen molar-refractivity contribution < 1.29 is 50.0 Å². The van der Waals surface area contributed by atoms with Gasteiger partial charge in [0.05, 0.1) is 30.8 Å². The van der Waals surface area contributed by atoms with Crippen LogP contribution in [0.1, 0.15) is 86.5 Å². The van der Waals surface area contributed by atoms with Crippen molar-refractivity contribution >= 4 is 5.97 Å². The number of hydrogen-bond acceptors (Lipinski definition) is 10. The van der Waals surface area contributed by atoms with Crippen molar-refractivity contribution in [2.75, 3.05) is 13.2 Å². The minimum absolute atomic E-state index is 0.0220. The monoisotopic (exact) mass is 648 g/mol. The first-order valence-electron chi connectivity index (χ1n) is 17.4. The van der Waals surface area contributed by atoms with Gasteiger partial charge in [0.1, 0.15) is 24.4 Å². The van der Waals surface area contributed by atoms with Crippen molar-refractivity contribution in [3.8, 4) is 0 Å². The van der Waals surface area contributed by atoms with E-state index >= 15 is 0 Å². The molecular weight excluding hydrogens is 592 g/mol. The highest BCUT2D eigenvalue weighted by molar-refractivity contribution is 5.82. The topological polar surface area (TPSA) is 177 Å². The summed E-state index contributed by atoms with van der Waals surface area (Å²) < 4.78 is 11.5. The molecule has 46 heavy (non-hydrogen) atoms. The second-order valence-corrected chi connectivity index (χ2v) is 16.9. The molecule has 0 aromatic heterocycles. The fourth-order valence-electron chi connectivity index (χ4n) is 11.7. The van der Waals surface area contributed by atoms with E-state index in [0.717, 1.165) is 36.8 Å². The lowest BCUT2D eigenvalue weighted by atomic mass is 9.35. The second kappa shape index (κ2) is 11.3. The summed E-state index contributed by atoms with van der Waals surface area (Å²) in [6, 6.07) is 0. The van der Waals surface area contributed by atoms with E-state index in [9.17, 15) is 40.5 Å². The fourth-order valence-corrected chi connectivity index (χ4v) is 11.7. The van der Waals surface area contributed by atoms with E-state index in [0.29, 0.717) is 25.2 Å². The second-order valence-electron chi connectivity index (χ2n) is 16.9. The molecule has 0 spiro atoms. The normalized spacial score (nSPS) is 55.1. The van der Waals surface area contributed by atoms with Crippen molar-refractivity contribution in [3.05, 3.63) is 23.3 Å². The minimum atomic E-state index is -1.66. The molecule has 16 unspecified atom stereocenters. The Hall–Kier alpha value is -1.37. The van der Waals surface area contributed by atoms with Crippen LogP contribution in [0.2, 0.25) is 0 Å². The standard InChI is InChI=1S/C36H56O10/c1-18-9-12-36(31(44)46-30-28(42)27(41)26(40)22(16-37)45-30)14-13-34(5)20(25(36)19(18)2)7-8-24-32(3)15-21(39)29(43)33(4,17-38)23(32)10-11-35(24,34)6/h7-8,18-19,21-24,26-30,37-43H,9-17H2,1-6H3.